The molecule has 0 spiro atoms. The van der Waals surface area contributed by atoms with Gasteiger partial charge in [-0.05, 0) is 30.7 Å². The average molecular weight is 324 g/mol. The molecular formula is C16H22BrNO. The zero-order valence-corrected chi connectivity index (χ0v) is 13.2. The van der Waals surface area contributed by atoms with E-state index in [9.17, 15) is 0 Å². The van der Waals surface area contributed by atoms with E-state index in [2.05, 4.69) is 52.1 Å². The van der Waals surface area contributed by atoms with Crippen molar-refractivity contribution in [3.63, 3.8) is 0 Å². The van der Waals surface area contributed by atoms with Crippen LogP contribution in [-0.2, 0) is 6.54 Å². The first-order valence-corrected chi connectivity index (χ1v) is 7.87. The fourth-order valence-electron chi connectivity index (χ4n) is 2.48. The van der Waals surface area contributed by atoms with Crippen molar-refractivity contribution in [3.05, 3.63) is 30.5 Å². The molecule has 0 saturated heterocycles. The summed E-state index contributed by atoms with van der Waals surface area (Å²) in [4.78, 5) is 0. The Kier molecular flexibility index (Phi) is 5.77. The smallest absolute Gasteiger partial charge is 0.179 e. The molecule has 3 heteroatoms. The van der Waals surface area contributed by atoms with Crippen molar-refractivity contribution in [2.45, 2.75) is 52.0 Å². The van der Waals surface area contributed by atoms with Gasteiger partial charge in [-0.2, -0.15) is 0 Å². The summed E-state index contributed by atoms with van der Waals surface area (Å²) < 4.78 is 7.41. The van der Waals surface area contributed by atoms with Gasteiger partial charge in [0.05, 0.1) is 0 Å². The van der Waals surface area contributed by atoms with Gasteiger partial charge in [0.2, 0.25) is 0 Å². The molecular weight excluding hydrogens is 302 g/mol. The summed E-state index contributed by atoms with van der Waals surface area (Å²) in [6.45, 7) is 3.38. The zero-order chi connectivity index (χ0) is 13.5. The zero-order valence-electron chi connectivity index (χ0n) is 11.6. The Morgan fingerprint density at radius 3 is 2.63 bits per heavy atom. The van der Waals surface area contributed by atoms with Crippen molar-refractivity contribution in [2.75, 3.05) is 0 Å². The molecule has 1 heterocycles. The lowest BCUT2D eigenvalue weighted by Crippen LogP contribution is -1.95. The fourth-order valence-corrected chi connectivity index (χ4v) is 2.69. The van der Waals surface area contributed by atoms with Crippen molar-refractivity contribution in [1.82, 2.24) is 4.57 Å². The molecule has 1 aromatic heterocycles. The van der Waals surface area contributed by atoms with Gasteiger partial charge in [-0.15, -0.1) is 0 Å². The second kappa shape index (κ2) is 7.59. The number of nitrogens with zero attached hydrogens (tertiary/aromatic N) is 1. The van der Waals surface area contributed by atoms with Crippen LogP contribution in [0.25, 0.3) is 10.9 Å². The van der Waals surface area contributed by atoms with Crippen LogP contribution in [0.3, 0.4) is 0 Å². The lowest BCUT2D eigenvalue weighted by atomic mass is 10.1. The molecule has 2 rings (SSSR count). The van der Waals surface area contributed by atoms with Crippen LogP contribution in [0.1, 0.15) is 45.4 Å². The maximum absolute atomic E-state index is 5.07. The number of unbranched alkanes of at least 4 members (excludes halogenated alkanes) is 5. The van der Waals surface area contributed by atoms with Crippen molar-refractivity contribution < 1.29 is 3.83 Å². The Morgan fingerprint density at radius 2 is 1.84 bits per heavy atom. The molecule has 2 aromatic rings. The topological polar surface area (TPSA) is 14.2 Å². The minimum Gasteiger partial charge on any atom is -0.418 e. The fraction of sp³-hybridized carbons (Fsp3) is 0.500. The Balaban J connectivity index is 1.87. The lowest BCUT2D eigenvalue weighted by Gasteiger charge is -2.06. The van der Waals surface area contributed by atoms with Crippen LogP contribution in [-0.4, -0.2) is 4.57 Å². The molecule has 0 radical (unpaired) electrons. The maximum atomic E-state index is 5.07. The molecule has 0 bridgehead atoms. The quantitative estimate of drug-likeness (QED) is 0.569. The van der Waals surface area contributed by atoms with Crippen LogP contribution in [0, 0.1) is 0 Å². The number of hydrogen-bond acceptors (Lipinski definition) is 1. The minimum atomic E-state index is 0.852. The lowest BCUT2D eigenvalue weighted by molar-refractivity contribution is 0.565. The van der Waals surface area contributed by atoms with Gasteiger partial charge in [0.25, 0.3) is 0 Å². The predicted molar refractivity (Wildman–Crippen MR) is 84.9 cm³/mol. The van der Waals surface area contributed by atoms with Crippen molar-refractivity contribution in [1.29, 1.82) is 0 Å². The summed E-state index contributed by atoms with van der Waals surface area (Å²) in [6, 6.07) is 8.33. The second-order valence-electron chi connectivity index (χ2n) is 5.07. The van der Waals surface area contributed by atoms with Crippen molar-refractivity contribution in [3.8, 4) is 5.75 Å². The van der Waals surface area contributed by atoms with Gasteiger partial charge >= 0.3 is 0 Å². The van der Waals surface area contributed by atoms with E-state index in [0.717, 1.165) is 12.3 Å². The van der Waals surface area contributed by atoms with E-state index < -0.39 is 0 Å². The molecule has 0 N–H and O–H groups in total. The first-order valence-electron chi connectivity index (χ1n) is 7.22. The third kappa shape index (κ3) is 4.00. The normalized spacial score (nSPS) is 11.1. The second-order valence-corrected chi connectivity index (χ2v) is 5.40. The molecule has 0 amide bonds. The molecule has 104 valence electrons. The van der Waals surface area contributed by atoms with E-state index in [0.29, 0.717) is 0 Å². The van der Waals surface area contributed by atoms with Crippen LogP contribution < -0.4 is 3.83 Å². The van der Waals surface area contributed by atoms with E-state index >= 15 is 0 Å². The largest absolute Gasteiger partial charge is 0.418 e. The van der Waals surface area contributed by atoms with Crippen LogP contribution in [0.2, 0.25) is 0 Å². The van der Waals surface area contributed by atoms with Crippen LogP contribution in [0.15, 0.2) is 30.5 Å². The number of benzene rings is 1. The highest BCUT2D eigenvalue weighted by molar-refractivity contribution is 9.06. The molecule has 0 unspecified atom stereocenters. The summed E-state index contributed by atoms with van der Waals surface area (Å²) in [5, 5.41) is 1.24. The van der Waals surface area contributed by atoms with Crippen LogP contribution in [0.4, 0.5) is 0 Å². The highest BCUT2D eigenvalue weighted by atomic mass is 79.9. The molecule has 0 saturated carbocycles. The maximum Gasteiger partial charge on any atom is 0.179 e. The van der Waals surface area contributed by atoms with E-state index in [-0.39, 0.29) is 0 Å². The summed E-state index contributed by atoms with van der Waals surface area (Å²) in [5.41, 5.74) is 1.29. The Hall–Kier alpha value is -0.960. The number of fused-ring (bicyclic) bond motifs is 1. The van der Waals surface area contributed by atoms with E-state index in [4.69, 9.17) is 3.83 Å². The van der Waals surface area contributed by atoms with Gasteiger partial charge < -0.3 is 8.40 Å². The molecule has 0 aliphatic rings. The van der Waals surface area contributed by atoms with Gasteiger partial charge in [0, 0.05) is 23.6 Å². The monoisotopic (exact) mass is 323 g/mol. The summed E-state index contributed by atoms with van der Waals surface area (Å²) in [5.74, 6) is 0.852. The standard InChI is InChI=1S/C16H22BrNO/c1-2-3-4-5-6-7-11-18-12-10-14-13-15(19-17)8-9-16(14)18/h8-10,12-13H,2-7,11H2,1H3. The van der Waals surface area contributed by atoms with Crippen LogP contribution >= 0.6 is 16.3 Å². The number of aromatic nitrogens is 1. The summed E-state index contributed by atoms with van der Waals surface area (Å²) >= 11 is 3.02. The van der Waals surface area contributed by atoms with Gasteiger partial charge in [0.1, 0.15) is 5.75 Å². The SMILES string of the molecule is CCCCCCCCn1ccc2cc(OBr)ccc21. The Bertz CT molecular complexity index is 506. The molecule has 1 aromatic carbocycles. The molecule has 19 heavy (non-hydrogen) atoms. The first kappa shape index (κ1) is 14.4. The number of hydrogen-bond donors (Lipinski definition) is 0. The van der Waals surface area contributed by atoms with Crippen molar-refractivity contribution >= 4 is 27.2 Å². The van der Waals surface area contributed by atoms with Crippen LogP contribution in [0.5, 0.6) is 5.75 Å². The van der Waals surface area contributed by atoms with E-state index in [1.807, 2.05) is 6.07 Å². The summed E-state index contributed by atoms with van der Waals surface area (Å²) in [6.07, 6.45) is 10.2. The molecule has 0 atom stereocenters. The van der Waals surface area contributed by atoms with E-state index in [1.54, 1.807) is 0 Å². The molecule has 0 aliphatic heterocycles. The average Bonchev–Trinajstić information content (AvgIpc) is 2.85. The highest BCUT2D eigenvalue weighted by Gasteiger charge is 2.02. The molecule has 0 aliphatic carbocycles. The number of halogens is 1. The molecule has 2 nitrogen and oxygen atoms in total. The van der Waals surface area contributed by atoms with Gasteiger partial charge in [-0.3, -0.25) is 0 Å². The first-order chi connectivity index (χ1) is 9.35. The van der Waals surface area contributed by atoms with Gasteiger partial charge in [0.15, 0.2) is 16.3 Å². The molecule has 0 fully saturated rings. The summed E-state index contributed by atoms with van der Waals surface area (Å²) in [7, 11) is 0. The van der Waals surface area contributed by atoms with Gasteiger partial charge in [-0.25, -0.2) is 0 Å². The minimum absolute atomic E-state index is 0.852. The Morgan fingerprint density at radius 1 is 1.05 bits per heavy atom. The highest BCUT2D eigenvalue weighted by Crippen LogP contribution is 2.23. The Labute approximate surface area is 124 Å². The third-order valence-electron chi connectivity index (χ3n) is 3.58. The predicted octanol–water partition coefficient (Wildman–Crippen LogP) is 5.69. The number of aryl methyl sites for hydroxylation is 1. The van der Waals surface area contributed by atoms with Gasteiger partial charge in [-0.1, -0.05) is 39.0 Å². The van der Waals surface area contributed by atoms with E-state index in [1.165, 1.54) is 49.4 Å². The number of rotatable bonds is 8. The van der Waals surface area contributed by atoms with Crippen molar-refractivity contribution in [2.24, 2.45) is 0 Å². The third-order valence-corrected chi connectivity index (χ3v) is 3.96.